The highest BCUT2D eigenvalue weighted by molar-refractivity contribution is 7.10. The van der Waals surface area contributed by atoms with Gasteiger partial charge in [0.1, 0.15) is 0 Å². The molecule has 6 rings (SSSR count). The Kier molecular flexibility index (Phi) is 6.46. The van der Waals surface area contributed by atoms with E-state index in [1.54, 1.807) is 0 Å². The molecule has 0 aliphatic heterocycles. The molecule has 2 unspecified atom stereocenters. The SMILES string of the molecule is c1csc(C(COCC(c2cccs2)c2cccc3ccccc23)c2cccc3ccccc23)c1. The van der Waals surface area contributed by atoms with Crippen LogP contribution in [0.4, 0.5) is 0 Å². The number of fused-ring (bicyclic) bond motifs is 2. The lowest BCUT2D eigenvalue weighted by Gasteiger charge is -2.22. The number of hydrogen-bond acceptors (Lipinski definition) is 3. The van der Waals surface area contributed by atoms with E-state index >= 15 is 0 Å². The summed E-state index contributed by atoms with van der Waals surface area (Å²) in [6, 6.07) is 39.3. The Labute approximate surface area is 214 Å². The molecule has 0 bridgehead atoms. The molecule has 3 heteroatoms. The van der Waals surface area contributed by atoms with Crippen LogP contribution in [0.25, 0.3) is 21.5 Å². The fourth-order valence-corrected chi connectivity index (χ4v) is 6.70. The summed E-state index contributed by atoms with van der Waals surface area (Å²) in [7, 11) is 0. The quantitative estimate of drug-likeness (QED) is 0.207. The summed E-state index contributed by atoms with van der Waals surface area (Å²) < 4.78 is 6.63. The monoisotopic (exact) mass is 490 g/mol. The molecule has 2 heterocycles. The van der Waals surface area contributed by atoms with Crippen molar-refractivity contribution < 1.29 is 4.74 Å². The predicted molar refractivity (Wildman–Crippen MR) is 151 cm³/mol. The zero-order valence-corrected chi connectivity index (χ0v) is 21.0. The van der Waals surface area contributed by atoms with Gasteiger partial charge in [-0.1, -0.05) is 97.1 Å². The highest BCUT2D eigenvalue weighted by atomic mass is 32.1. The maximum absolute atomic E-state index is 6.63. The lowest BCUT2D eigenvalue weighted by Crippen LogP contribution is -2.14. The van der Waals surface area contributed by atoms with Crippen LogP contribution < -0.4 is 0 Å². The van der Waals surface area contributed by atoms with Crippen LogP contribution in [-0.2, 0) is 4.74 Å². The molecule has 2 aromatic heterocycles. The Morgan fingerprint density at radius 2 is 0.943 bits per heavy atom. The smallest absolute Gasteiger partial charge is 0.0584 e. The normalized spacial score (nSPS) is 13.3. The van der Waals surface area contributed by atoms with Gasteiger partial charge in [-0.2, -0.15) is 0 Å². The van der Waals surface area contributed by atoms with E-state index in [9.17, 15) is 0 Å². The van der Waals surface area contributed by atoms with E-state index in [0.717, 1.165) is 0 Å². The van der Waals surface area contributed by atoms with Crippen molar-refractivity contribution in [2.45, 2.75) is 11.8 Å². The van der Waals surface area contributed by atoms with Gasteiger partial charge in [0.2, 0.25) is 0 Å². The number of hydrogen-bond donors (Lipinski definition) is 0. The minimum atomic E-state index is 0.206. The van der Waals surface area contributed by atoms with Gasteiger partial charge in [-0.15, -0.1) is 22.7 Å². The van der Waals surface area contributed by atoms with Gasteiger partial charge < -0.3 is 4.74 Å². The van der Waals surface area contributed by atoms with Gasteiger partial charge in [0.25, 0.3) is 0 Å². The first kappa shape index (κ1) is 22.2. The molecule has 0 N–H and O–H groups in total. The Morgan fingerprint density at radius 3 is 1.40 bits per heavy atom. The average molecular weight is 491 g/mol. The van der Waals surface area contributed by atoms with Crippen molar-refractivity contribution in [1.29, 1.82) is 0 Å². The predicted octanol–water partition coefficient (Wildman–Crippen LogP) is 9.10. The Balaban J connectivity index is 1.32. The molecule has 0 aliphatic carbocycles. The second-order valence-corrected chi connectivity index (χ2v) is 10.8. The summed E-state index contributed by atoms with van der Waals surface area (Å²) in [5.74, 6) is 0.412. The molecular weight excluding hydrogens is 464 g/mol. The third-order valence-corrected chi connectivity index (χ3v) is 8.71. The zero-order chi connectivity index (χ0) is 23.5. The molecule has 0 fully saturated rings. The van der Waals surface area contributed by atoms with Gasteiger partial charge in [0.05, 0.1) is 13.2 Å². The van der Waals surface area contributed by atoms with Gasteiger partial charge >= 0.3 is 0 Å². The van der Waals surface area contributed by atoms with Crippen LogP contribution in [0.2, 0.25) is 0 Å². The van der Waals surface area contributed by atoms with Crippen LogP contribution in [0.3, 0.4) is 0 Å². The van der Waals surface area contributed by atoms with E-state index in [2.05, 4.69) is 120 Å². The van der Waals surface area contributed by atoms with Crippen LogP contribution in [-0.4, -0.2) is 13.2 Å². The second-order valence-electron chi connectivity index (χ2n) is 8.81. The molecule has 0 saturated carbocycles. The highest BCUT2D eigenvalue weighted by Crippen LogP contribution is 2.36. The second kappa shape index (κ2) is 10.2. The minimum absolute atomic E-state index is 0.206. The van der Waals surface area contributed by atoms with Gasteiger partial charge in [-0.3, -0.25) is 0 Å². The van der Waals surface area contributed by atoms with Crippen molar-refractivity contribution >= 4 is 44.2 Å². The molecule has 0 amide bonds. The Hall–Kier alpha value is -3.24. The fourth-order valence-electron chi connectivity index (χ4n) is 5.04. The molecule has 0 saturated heterocycles. The molecule has 35 heavy (non-hydrogen) atoms. The first-order valence-corrected chi connectivity index (χ1v) is 13.7. The van der Waals surface area contributed by atoms with Crippen molar-refractivity contribution in [3.05, 3.63) is 141 Å². The lowest BCUT2D eigenvalue weighted by atomic mass is 9.92. The van der Waals surface area contributed by atoms with Crippen molar-refractivity contribution in [3.8, 4) is 0 Å². The average Bonchev–Trinajstić information content (AvgIpc) is 3.64. The van der Waals surface area contributed by atoms with Gasteiger partial charge in [-0.25, -0.2) is 0 Å². The summed E-state index contributed by atoms with van der Waals surface area (Å²) in [6.45, 7) is 1.31. The highest BCUT2D eigenvalue weighted by Gasteiger charge is 2.22. The summed E-state index contributed by atoms with van der Waals surface area (Å²) in [6.07, 6.45) is 0. The summed E-state index contributed by atoms with van der Waals surface area (Å²) in [4.78, 5) is 2.69. The largest absolute Gasteiger partial charge is 0.379 e. The molecular formula is C32H26OS2. The molecule has 2 atom stereocenters. The molecule has 0 spiro atoms. The number of thiophene rings is 2. The fraction of sp³-hybridized carbons (Fsp3) is 0.125. The van der Waals surface area contributed by atoms with Crippen LogP contribution in [0.15, 0.2) is 120 Å². The molecule has 172 valence electrons. The lowest BCUT2D eigenvalue weighted by molar-refractivity contribution is 0.122. The third-order valence-electron chi connectivity index (χ3n) is 6.74. The standard InChI is InChI=1S/C32H26OS2/c1-3-13-25-23(9-1)11-5-15-27(25)29(31-17-7-19-34-31)21-33-22-30(32-18-8-20-35-32)28-16-6-12-24-10-2-4-14-26(24)28/h1-20,29-30H,21-22H2. The molecule has 4 aromatic carbocycles. The first-order chi connectivity index (χ1) is 17.4. The number of benzene rings is 4. The van der Waals surface area contributed by atoms with Crippen molar-refractivity contribution in [2.75, 3.05) is 13.2 Å². The Bertz CT molecular complexity index is 1410. The van der Waals surface area contributed by atoms with Gasteiger partial charge in [0.15, 0.2) is 0 Å². The third kappa shape index (κ3) is 4.55. The summed E-state index contributed by atoms with van der Waals surface area (Å²) >= 11 is 3.62. The summed E-state index contributed by atoms with van der Waals surface area (Å²) in [5, 5.41) is 9.50. The molecule has 0 radical (unpaired) electrons. The molecule has 6 aromatic rings. The maximum Gasteiger partial charge on any atom is 0.0584 e. The topological polar surface area (TPSA) is 9.23 Å². The van der Waals surface area contributed by atoms with Crippen molar-refractivity contribution in [3.63, 3.8) is 0 Å². The van der Waals surface area contributed by atoms with Crippen molar-refractivity contribution in [1.82, 2.24) is 0 Å². The summed E-state index contributed by atoms with van der Waals surface area (Å²) in [5.41, 5.74) is 2.67. The van der Waals surface area contributed by atoms with Gasteiger partial charge in [0, 0.05) is 21.6 Å². The van der Waals surface area contributed by atoms with E-state index in [0.29, 0.717) is 13.2 Å². The van der Waals surface area contributed by atoms with Crippen molar-refractivity contribution in [2.24, 2.45) is 0 Å². The molecule has 1 nitrogen and oxygen atoms in total. The maximum atomic E-state index is 6.63. The van der Waals surface area contributed by atoms with E-state index < -0.39 is 0 Å². The van der Waals surface area contributed by atoms with E-state index in [4.69, 9.17) is 4.74 Å². The molecule has 0 aliphatic rings. The Morgan fingerprint density at radius 1 is 0.486 bits per heavy atom. The zero-order valence-electron chi connectivity index (χ0n) is 19.3. The van der Waals surface area contributed by atoms with Crippen LogP contribution in [0.1, 0.15) is 32.7 Å². The van der Waals surface area contributed by atoms with E-state index in [1.165, 1.54) is 42.4 Å². The first-order valence-electron chi connectivity index (χ1n) is 12.0. The van der Waals surface area contributed by atoms with E-state index in [1.807, 2.05) is 22.7 Å². The minimum Gasteiger partial charge on any atom is -0.379 e. The van der Waals surface area contributed by atoms with Crippen LogP contribution in [0.5, 0.6) is 0 Å². The van der Waals surface area contributed by atoms with Crippen LogP contribution >= 0.6 is 22.7 Å². The number of ether oxygens (including phenoxy) is 1. The van der Waals surface area contributed by atoms with E-state index in [-0.39, 0.29) is 11.8 Å². The van der Waals surface area contributed by atoms with Gasteiger partial charge in [-0.05, 0) is 55.6 Å². The number of rotatable bonds is 8. The van der Waals surface area contributed by atoms with Crippen LogP contribution in [0, 0.1) is 0 Å².